The number of nitrogen functional groups attached to an aromatic ring is 1. The zero-order valence-corrected chi connectivity index (χ0v) is 21.1. The van der Waals surface area contributed by atoms with Crippen molar-refractivity contribution in [2.75, 3.05) is 29.1 Å². The van der Waals surface area contributed by atoms with Gasteiger partial charge in [-0.05, 0) is 56.3 Å². The highest BCUT2D eigenvalue weighted by Crippen LogP contribution is 2.51. The molecule has 13 heteroatoms. The molecule has 1 aliphatic carbocycles. The number of hydrogen-bond donors (Lipinski definition) is 7. The number of benzene rings is 1. The van der Waals surface area contributed by atoms with Gasteiger partial charge >= 0.3 is 0 Å². The molecule has 1 aromatic carbocycles. The van der Waals surface area contributed by atoms with E-state index in [-0.39, 0.29) is 47.0 Å². The average Bonchev–Trinajstić information content (AvgIpc) is 3.53. The Kier molecular flexibility index (Phi) is 6.33. The number of aliphatic hydroxyl groups is 1. The van der Waals surface area contributed by atoms with Gasteiger partial charge in [0.2, 0.25) is 5.88 Å². The summed E-state index contributed by atoms with van der Waals surface area (Å²) in [4.78, 5) is 23.9. The largest absolute Gasteiger partial charge is 0.507 e. The van der Waals surface area contributed by atoms with E-state index < -0.39 is 6.04 Å². The van der Waals surface area contributed by atoms with E-state index in [9.17, 15) is 20.1 Å². The summed E-state index contributed by atoms with van der Waals surface area (Å²) in [6.07, 6.45) is 2.15. The first kappa shape index (κ1) is 24.7. The van der Waals surface area contributed by atoms with E-state index in [0.29, 0.717) is 40.6 Å². The molecule has 0 radical (unpaired) electrons. The van der Waals surface area contributed by atoms with Crippen LogP contribution in [-0.4, -0.2) is 60.6 Å². The number of amidine groups is 1. The highest BCUT2D eigenvalue weighted by atomic mass is 32.1. The molecule has 1 aliphatic heterocycles. The van der Waals surface area contributed by atoms with Crippen LogP contribution < -0.4 is 21.3 Å². The number of aromatic hydroxyl groups is 2. The molecule has 3 heterocycles. The number of nitrogens with one attached hydrogen (secondary N) is 3. The minimum absolute atomic E-state index is 0.0811. The number of rotatable bonds is 7. The number of aryl methyl sites for hydroxylation is 1. The first-order chi connectivity index (χ1) is 17.7. The average molecular weight is 525 g/mol. The third kappa shape index (κ3) is 4.62. The summed E-state index contributed by atoms with van der Waals surface area (Å²) in [6.45, 7) is 3.67. The maximum absolute atomic E-state index is 13.5. The maximum atomic E-state index is 13.5. The Balaban J connectivity index is 1.39. The van der Waals surface area contributed by atoms with E-state index in [2.05, 4.69) is 25.0 Å². The van der Waals surface area contributed by atoms with Crippen LogP contribution in [0.4, 0.5) is 22.3 Å². The van der Waals surface area contributed by atoms with E-state index >= 15 is 0 Å². The molecule has 5 rings (SSSR count). The SMILES string of the molecule is Cc1nc(N)c2c(n1)N(C(=O)c1ccc(Nc3snc(O)c3C(=N)NC(C)CO)cc1O)CC2C1CC1. The van der Waals surface area contributed by atoms with Crippen molar-refractivity contribution < 1.29 is 20.1 Å². The predicted molar refractivity (Wildman–Crippen MR) is 140 cm³/mol. The smallest absolute Gasteiger partial charge is 0.263 e. The monoisotopic (exact) mass is 524 g/mol. The number of nitrogens with zero attached hydrogens (tertiary/aromatic N) is 4. The Morgan fingerprint density at radius 3 is 2.76 bits per heavy atom. The summed E-state index contributed by atoms with van der Waals surface area (Å²) < 4.78 is 3.90. The van der Waals surface area contributed by atoms with Gasteiger partial charge in [0.05, 0.1) is 12.2 Å². The summed E-state index contributed by atoms with van der Waals surface area (Å²) in [7, 11) is 0. The summed E-state index contributed by atoms with van der Waals surface area (Å²) in [5.41, 5.74) is 7.71. The topological polar surface area (TPSA) is 194 Å². The number of hydrogen-bond acceptors (Lipinski definition) is 11. The minimum Gasteiger partial charge on any atom is -0.507 e. The predicted octanol–water partition coefficient (Wildman–Crippen LogP) is 2.43. The molecule has 0 bridgehead atoms. The second-order valence-corrected chi connectivity index (χ2v) is 10.2. The molecule has 0 saturated heterocycles. The second kappa shape index (κ2) is 9.48. The standard InChI is InChI=1S/C24H28N8O4S/c1-10(9-33)27-20(26)18-22(35)31-37-23(18)30-13-5-6-14(16(34)7-13)24(36)32-8-15(12-3-4-12)17-19(25)28-11(2)29-21(17)32/h5-7,10,12,15,30,33-34H,3-4,8-9H2,1-2H3,(H2,26,27)(H,31,35)(H2,25,28,29). The highest BCUT2D eigenvalue weighted by Gasteiger charge is 2.44. The zero-order chi connectivity index (χ0) is 26.4. The number of nitrogens with two attached hydrogens (primary N) is 1. The van der Waals surface area contributed by atoms with Crippen LogP contribution in [0.1, 0.15) is 53.0 Å². The van der Waals surface area contributed by atoms with Gasteiger partial charge < -0.3 is 31.7 Å². The summed E-state index contributed by atoms with van der Waals surface area (Å²) >= 11 is 0.937. The van der Waals surface area contributed by atoms with Gasteiger partial charge in [-0.2, -0.15) is 4.37 Å². The molecular formula is C24H28N8O4S. The van der Waals surface area contributed by atoms with Crippen LogP contribution in [0.25, 0.3) is 0 Å². The Labute approximate surface area is 216 Å². The fourth-order valence-corrected chi connectivity index (χ4v) is 5.33. The van der Waals surface area contributed by atoms with Crippen molar-refractivity contribution in [2.24, 2.45) is 5.92 Å². The minimum atomic E-state index is -0.395. The van der Waals surface area contributed by atoms with Gasteiger partial charge in [-0.25, -0.2) is 9.97 Å². The van der Waals surface area contributed by atoms with Gasteiger partial charge in [-0.15, -0.1) is 0 Å². The highest BCUT2D eigenvalue weighted by molar-refractivity contribution is 7.11. The third-order valence-corrected chi connectivity index (χ3v) is 7.34. The number of aromatic nitrogens is 3. The lowest BCUT2D eigenvalue weighted by molar-refractivity contribution is 0.0984. The summed E-state index contributed by atoms with van der Waals surface area (Å²) in [5, 5.41) is 44.6. The zero-order valence-electron chi connectivity index (χ0n) is 20.3. The number of carbonyl (C=O) groups excluding carboxylic acids is 1. The Bertz CT molecular complexity index is 1390. The second-order valence-electron chi connectivity index (χ2n) is 9.42. The molecule has 12 nitrogen and oxygen atoms in total. The first-order valence-corrected chi connectivity index (χ1v) is 12.7. The lowest BCUT2D eigenvalue weighted by atomic mass is 9.98. The molecule has 2 atom stereocenters. The van der Waals surface area contributed by atoms with Gasteiger partial charge in [0.15, 0.2) is 0 Å². The van der Waals surface area contributed by atoms with Crippen LogP contribution in [0, 0.1) is 18.3 Å². The van der Waals surface area contributed by atoms with Gasteiger partial charge in [-0.3, -0.25) is 15.1 Å². The Morgan fingerprint density at radius 1 is 1.32 bits per heavy atom. The van der Waals surface area contributed by atoms with E-state index in [0.717, 1.165) is 29.9 Å². The summed E-state index contributed by atoms with van der Waals surface area (Å²) in [6, 6.07) is 4.14. The molecular weight excluding hydrogens is 496 g/mol. The molecule has 3 aromatic rings. The fourth-order valence-electron chi connectivity index (χ4n) is 4.61. The quantitative estimate of drug-likeness (QED) is 0.178. The van der Waals surface area contributed by atoms with Gasteiger partial charge in [-0.1, -0.05) is 0 Å². The maximum Gasteiger partial charge on any atom is 0.263 e. The van der Waals surface area contributed by atoms with Crippen LogP contribution in [0.3, 0.4) is 0 Å². The molecule has 194 valence electrons. The van der Waals surface area contributed by atoms with Crippen LogP contribution in [0.15, 0.2) is 18.2 Å². The van der Waals surface area contributed by atoms with E-state index in [4.69, 9.17) is 11.1 Å². The normalized spacial score (nSPS) is 17.4. The Hall–Kier alpha value is -3.97. The van der Waals surface area contributed by atoms with Crippen molar-refractivity contribution in [3.8, 4) is 11.6 Å². The number of aliphatic hydroxyl groups excluding tert-OH is 1. The molecule has 2 aromatic heterocycles. The van der Waals surface area contributed by atoms with Crippen molar-refractivity contribution >= 4 is 45.6 Å². The lowest BCUT2D eigenvalue weighted by Gasteiger charge is -2.18. The van der Waals surface area contributed by atoms with E-state index in [1.807, 2.05) is 0 Å². The van der Waals surface area contributed by atoms with Crippen molar-refractivity contribution in [1.29, 1.82) is 5.41 Å². The molecule has 1 saturated carbocycles. The van der Waals surface area contributed by atoms with Crippen LogP contribution in [-0.2, 0) is 0 Å². The van der Waals surface area contributed by atoms with E-state index in [1.54, 1.807) is 24.8 Å². The van der Waals surface area contributed by atoms with E-state index in [1.165, 1.54) is 12.1 Å². The molecule has 37 heavy (non-hydrogen) atoms. The molecule has 1 amide bonds. The van der Waals surface area contributed by atoms with Gasteiger partial charge in [0, 0.05) is 35.8 Å². The fraction of sp³-hybridized carbons (Fsp3) is 0.375. The molecule has 0 spiro atoms. The molecule has 8 N–H and O–H groups in total. The number of amides is 1. The van der Waals surface area contributed by atoms with Crippen molar-refractivity contribution in [2.45, 2.75) is 38.6 Å². The number of fused-ring (bicyclic) bond motifs is 1. The van der Waals surface area contributed by atoms with Crippen LogP contribution in [0.2, 0.25) is 0 Å². The summed E-state index contributed by atoms with van der Waals surface area (Å²) in [5.74, 6) is 0.847. The number of carbonyl (C=O) groups is 1. The Morgan fingerprint density at radius 2 is 2.08 bits per heavy atom. The molecule has 2 aliphatic rings. The number of phenolic OH excluding ortho intramolecular Hbond substituents is 1. The van der Waals surface area contributed by atoms with Crippen LogP contribution in [0.5, 0.6) is 11.6 Å². The molecule has 1 fully saturated rings. The van der Waals surface area contributed by atoms with Crippen molar-refractivity contribution in [3.63, 3.8) is 0 Å². The molecule has 2 unspecified atom stereocenters. The van der Waals surface area contributed by atoms with Crippen LogP contribution >= 0.6 is 11.5 Å². The first-order valence-electron chi connectivity index (χ1n) is 11.9. The van der Waals surface area contributed by atoms with Gasteiger partial charge in [0.25, 0.3) is 5.91 Å². The third-order valence-electron chi connectivity index (χ3n) is 6.58. The van der Waals surface area contributed by atoms with Crippen molar-refractivity contribution in [3.05, 3.63) is 40.7 Å². The number of phenols is 1. The van der Waals surface area contributed by atoms with Crippen molar-refractivity contribution in [1.82, 2.24) is 19.7 Å². The lowest BCUT2D eigenvalue weighted by Crippen LogP contribution is -2.35. The van der Waals surface area contributed by atoms with Gasteiger partial charge in [0.1, 0.15) is 39.6 Å². The number of anilines is 4.